The summed E-state index contributed by atoms with van der Waals surface area (Å²) in [5.41, 5.74) is 0. The number of nitrogens with one attached hydrogen (secondary N) is 1. The Labute approximate surface area is 383 Å². The SMILES string of the molecule is CC/C=C/C=C/C=C/C=C\CCCCCCCC(=O)OC(CCCCCC/C=C/C=C/CCCCC)CC(=O)NC(CO)C(O)CCCCCCCCCCCCCCCCC. The summed E-state index contributed by atoms with van der Waals surface area (Å²) in [6, 6.07) is -0.716. The highest BCUT2D eigenvalue weighted by atomic mass is 16.5. The Morgan fingerprint density at radius 2 is 0.871 bits per heavy atom. The van der Waals surface area contributed by atoms with Gasteiger partial charge in [-0.15, -0.1) is 0 Å². The minimum Gasteiger partial charge on any atom is -0.462 e. The summed E-state index contributed by atoms with van der Waals surface area (Å²) in [4.78, 5) is 26.2. The Kier molecular flexibility index (Phi) is 47.2. The number of hydrogen-bond donors (Lipinski definition) is 3. The molecule has 0 bridgehead atoms. The van der Waals surface area contributed by atoms with Gasteiger partial charge in [-0.1, -0.05) is 235 Å². The fourth-order valence-electron chi connectivity index (χ4n) is 7.67. The van der Waals surface area contributed by atoms with Gasteiger partial charge in [0.25, 0.3) is 0 Å². The zero-order valence-corrected chi connectivity index (χ0v) is 40.7. The van der Waals surface area contributed by atoms with Gasteiger partial charge >= 0.3 is 5.97 Å². The summed E-state index contributed by atoms with van der Waals surface area (Å²) >= 11 is 0. The minimum absolute atomic E-state index is 0.0517. The quantitative estimate of drug-likeness (QED) is 0.0322. The van der Waals surface area contributed by atoms with Crippen LogP contribution in [0.1, 0.15) is 245 Å². The lowest BCUT2D eigenvalue weighted by Gasteiger charge is -2.24. The molecule has 358 valence electrons. The zero-order chi connectivity index (χ0) is 45.2. The molecule has 0 aliphatic carbocycles. The number of hydrogen-bond acceptors (Lipinski definition) is 5. The van der Waals surface area contributed by atoms with Crippen LogP contribution in [-0.4, -0.2) is 46.9 Å². The zero-order valence-electron chi connectivity index (χ0n) is 40.7. The van der Waals surface area contributed by atoms with Gasteiger partial charge in [0.05, 0.1) is 25.2 Å². The van der Waals surface area contributed by atoms with Crippen LogP contribution in [0.25, 0.3) is 0 Å². The van der Waals surface area contributed by atoms with E-state index in [0.717, 1.165) is 103 Å². The molecular weight excluding hydrogens is 767 g/mol. The van der Waals surface area contributed by atoms with Crippen molar-refractivity contribution in [3.63, 3.8) is 0 Å². The summed E-state index contributed by atoms with van der Waals surface area (Å²) in [5.74, 6) is -0.521. The third-order valence-corrected chi connectivity index (χ3v) is 11.6. The van der Waals surface area contributed by atoms with E-state index in [1.165, 1.54) is 96.3 Å². The molecule has 6 heteroatoms. The normalized spacial score (nSPS) is 13.8. The van der Waals surface area contributed by atoms with Crippen LogP contribution in [0, 0.1) is 0 Å². The predicted octanol–water partition coefficient (Wildman–Crippen LogP) is 15.8. The van der Waals surface area contributed by atoms with Crippen LogP contribution in [0.4, 0.5) is 0 Å². The van der Waals surface area contributed by atoms with Crippen molar-refractivity contribution in [1.29, 1.82) is 0 Å². The molecule has 0 rings (SSSR count). The third kappa shape index (κ3) is 43.9. The molecule has 0 heterocycles. The molecule has 3 atom stereocenters. The van der Waals surface area contributed by atoms with Gasteiger partial charge in [-0.25, -0.2) is 0 Å². The number of aliphatic hydroxyl groups is 2. The standard InChI is InChI=1S/C56H99NO5/c1-4-7-10-13-16-19-22-25-27-30-33-36-39-42-45-48-54(59)53(51-58)57-55(60)50-52(47-44-41-38-35-32-29-24-21-18-15-12-9-6-3)62-56(61)49-46-43-40-37-34-31-28-26-23-20-17-14-11-8-5-2/h8,11,14,17-18,20-21,23-24,26,28-29,52-54,58-59H,4-7,9-10,12-13,15-16,19,22,25,27,30-51H2,1-3H3,(H,57,60)/b11-8+,17-14+,21-18+,23-20+,28-26-,29-24+. The van der Waals surface area contributed by atoms with Gasteiger partial charge in [0.2, 0.25) is 5.91 Å². The van der Waals surface area contributed by atoms with E-state index in [1.54, 1.807) is 0 Å². The first-order chi connectivity index (χ1) is 30.5. The van der Waals surface area contributed by atoms with Gasteiger partial charge in [0.15, 0.2) is 0 Å². The molecule has 0 fully saturated rings. The van der Waals surface area contributed by atoms with E-state index in [9.17, 15) is 19.8 Å². The highest BCUT2D eigenvalue weighted by molar-refractivity contribution is 5.77. The predicted molar refractivity (Wildman–Crippen MR) is 268 cm³/mol. The van der Waals surface area contributed by atoms with E-state index in [1.807, 2.05) is 18.2 Å². The number of carbonyl (C=O) groups is 2. The van der Waals surface area contributed by atoms with Crippen LogP contribution in [0.2, 0.25) is 0 Å². The number of amides is 1. The maximum absolute atomic E-state index is 13.2. The van der Waals surface area contributed by atoms with Crippen molar-refractivity contribution in [2.45, 2.75) is 264 Å². The first-order valence-corrected chi connectivity index (χ1v) is 26.2. The van der Waals surface area contributed by atoms with Crippen molar-refractivity contribution >= 4 is 11.9 Å². The van der Waals surface area contributed by atoms with Crippen LogP contribution >= 0.6 is 0 Å². The lowest BCUT2D eigenvalue weighted by Crippen LogP contribution is -2.46. The molecule has 3 N–H and O–H groups in total. The van der Waals surface area contributed by atoms with Crippen LogP contribution in [0.3, 0.4) is 0 Å². The fraction of sp³-hybridized carbons (Fsp3) is 0.750. The van der Waals surface area contributed by atoms with Gasteiger partial charge in [0, 0.05) is 6.42 Å². The Morgan fingerprint density at radius 1 is 0.484 bits per heavy atom. The maximum Gasteiger partial charge on any atom is 0.306 e. The second-order valence-corrected chi connectivity index (χ2v) is 17.7. The van der Waals surface area contributed by atoms with E-state index in [0.29, 0.717) is 19.3 Å². The Bertz CT molecular complexity index is 1150. The maximum atomic E-state index is 13.2. The number of unbranched alkanes of at least 4 members (excludes halogenated alkanes) is 26. The van der Waals surface area contributed by atoms with Crippen LogP contribution in [0.15, 0.2) is 72.9 Å². The summed E-state index contributed by atoms with van der Waals surface area (Å²) in [6.45, 7) is 6.31. The van der Waals surface area contributed by atoms with E-state index >= 15 is 0 Å². The molecule has 0 radical (unpaired) electrons. The van der Waals surface area contributed by atoms with E-state index in [-0.39, 0.29) is 24.9 Å². The van der Waals surface area contributed by atoms with Gasteiger partial charge < -0.3 is 20.3 Å². The lowest BCUT2D eigenvalue weighted by molar-refractivity contribution is -0.151. The van der Waals surface area contributed by atoms with Crippen molar-refractivity contribution in [3.05, 3.63) is 72.9 Å². The second kappa shape index (κ2) is 49.3. The Hall–Kier alpha value is -2.70. The first kappa shape index (κ1) is 59.3. The second-order valence-electron chi connectivity index (χ2n) is 17.7. The van der Waals surface area contributed by atoms with Crippen molar-refractivity contribution in [1.82, 2.24) is 5.32 Å². The van der Waals surface area contributed by atoms with Gasteiger partial charge in [0.1, 0.15) is 6.10 Å². The number of allylic oxidation sites excluding steroid dienone is 12. The average molecular weight is 866 g/mol. The van der Waals surface area contributed by atoms with Crippen molar-refractivity contribution in [2.75, 3.05) is 6.61 Å². The molecule has 0 aromatic heterocycles. The van der Waals surface area contributed by atoms with E-state index in [4.69, 9.17) is 4.74 Å². The number of carbonyl (C=O) groups excluding carboxylic acids is 2. The first-order valence-electron chi connectivity index (χ1n) is 26.2. The van der Waals surface area contributed by atoms with Gasteiger partial charge in [-0.2, -0.15) is 0 Å². The summed E-state index contributed by atoms with van der Waals surface area (Å²) in [6.07, 6.45) is 62.4. The number of esters is 1. The molecule has 0 saturated carbocycles. The highest BCUT2D eigenvalue weighted by Crippen LogP contribution is 2.18. The fourth-order valence-corrected chi connectivity index (χ4v) is 7.67. The average Bonchev–Trinajstić information content (AvgIpc) is 3.26. The molecular formula is C56H99NO5. The van der Waals surface area contributed by atoms with Crippen LogP contribution < -0.4 is 5.32 Å². The highest BCUT2D eigenvalue weighted by Gasteiger charge is 2.24. The number of aliphatic hydroxyl groups excluding tert-OH is 2. The molecule has 0 spiro atoms. The largest absolute Gasteiger partial charge is 0.462 e. The summed E-state index contributed by atoms with van der Waals surface area (Å²) in [7, 11) is 0. The summed E-state index contributed by atoms with van der Waals surface area (Å²) < 4.78 is 5.92. The van der Waals surface area contributed by atoms with Crippen molar-refractivity contribution < 1.29 is 24.5 Å². The Morgan fingerprint density at radius 3 is 1.37 bits per heavy atom. The molecule has 0 aliphatic heterocycles. The van der Waals surface area contributed by atoms with E-state index < -0.39 is 18.2 Å². The van der Waals surface area contributed by atoms with Crippen molar-refractivity contribution in [3.8, 4) is 0 Å². The number of rotatable bonds is 46. The van der Waals surface area contributed by atoms with Crippen molar-refractivity contribution in [2.24, 2.45) is 0 Å². The van der Waals surface area contributed by atoms with E-state index in [2.05, 4.69) is 80.8 Å². The topological polar surface area (TPSA) is 95.9 Å². The third-order valence-electron chi connectivity index (χ3n) is 11.6. The number of ether oxygens (including phenoxy) is 1. The molecule has 1 amide bonds. The molecule has 0 aromatic carbocycles. The molecule has 3 unspecified atom stereocenters. The Balaban J connectivity index is 4.62. The molecule has 0 aliphatic rings. The lowest BCUT2D eigenvalue weighted by atomic mass is 10.0. The van der Waals surface area contributed by atoms with Crippen LogP contribution in [-0.2, 0) is 14.3 Å². The van der Waals surface area contributed by atoms with Gasteiger partial charge in [-0.05, 0) is 70.6 Å². The smallest absolute Gasteiger partial charge is 0.306 e. The van der Waals surface area contributed by atoms with Crippen LogP contribution in [0.5, 0.6) is 0 Å². The van der Waals surface area contributed by atoms with Gasteiger partial charge in [-0.3, -0.25) is 9.59 Å². The molecule has 0 saturated heterocycles. The molecule has 62 heavy (non-hydrogen) atoms. The summed E-state index contributed by atoms with van der Waals surface area (Å²) in [5, 5.41) is 23.8. The minimum atomic E-state index is -0.800. The monoisotopic (exact) mass is 866 g/mol. The molecule has 0 aromatic rings. The molecule has 6 nitrogen and oxygen atoms in total.